The van der Waals surface area contributed by atoms with Gasteiger partial charge in [-0.3, -0.25) is 4.79 Å². The van der Waals surface area contributed by atoms with Crippen molar-refractivity contribution in [3.63, 3.8) is 0 Å². The van der Waals surface area contributed by atoms with Crippen molar-refractivity contribution < 1.29 is 19.8 Å². The topological polar surface area (TPSA) is 77.8 Å². The summed E-state index contributed by atoms with van der Waals surface area (Å²) in [4.78, 5) is 24.7. The molecule has 27 heavy (non-hydrogen) atoms. The Morgan fingerprint density at radius 3 is 1.63 bits per heavy atom. The van der Waals surface area contributed by atoms with Crippen LogP contribution in [0.15, 0.2) is 34.9 Å². The predicted molar refractivity (Wildman–Crippen MR) is 110 cm³/mol. The molecule has 0 saturated carbocycles. The second kappa shape index (κ2) is 15.3. The zero-order chi connectivity index (χ0) is 20.7. The summed E-state index contributed by atoms with van der Waals surface area (Å²) >= 11 is 0. The molecule has 154 valence electrons. The molecule has 2 N–H and O–H groups in total. The van der Waals surface area contributed by atoms with Crippen molar-refractivity contribution in [2.24, 2.45) is 0 Å². The number of aliphatic hydroxyl groups is 2. The van der Waals surface area contributed by atoms with Gasteiger partial charge in [0, 0.05) is 25.1 Å². The van der Waals surface area contributed by atoms with Gasteiger partial charge in [0.15, 0.2) is 0 Å². The van der Waals surface area contributed by atoms with Crippen LogP contribution in [-0.2, 0) is 9.59 Å². The van der Waals surface area contributed by atoms with Gasteiger partial charge in [-0.25, -0.2) is 0 Å². The number of rotatable bonds is 14. The third-order valence-corrected chi connectivity index (χ3v) is 4.37. The van der Waals surface area contributed by atoms with E-state index < -0.39 is 0 Å². The van der Waals surface area contributed by atoms with Crippen molar-refractivity contribution in [3.8, 4) is 0 Å². The minimum absolute atomic E-state index is 0.108. The van der Waals surface area contributed by atoms with Crippen LogP contribution in [0.5, 0.6) is 0 Å². The summed E-state index contributed by atoms with van der Waals surface area (Å²) in [6.45, 7) is 7.86. The molecular weight excluding hydrogens is 342 g/mol. The SMILES string of the molecule is CC(=O)CCC=C(C)CCC=C(C)CCC=C(C)C(=O)N(CCO)CCO. The molecule has 0 spiro atoms. The number of aliphatic hydroxyl groups excluding tert-OH is 2. The van der Waals surface area contributed by atoms with Crippen molar-refractivity contribution in [3.05, 3.63) is 34.9 Å². The first kappa shape index (κ1) is 25.3. The van der Waals surface area contributed by atoms with Gasteiger partial charge < -0.3 is 19.9 Å². The van der Waals surface area contributed by atoms with Crippen LogP contribution in [0.2, 0.25) is 0 Å². The maximum atomic E-state index is 12.3. The highest BCUT2D eigenvalue weighted by atomic mass is 16.3. The van der Waals surface area contributed by atoms with E-state index in [0.717, 1.165) is 32.1 Å². The first-order valence-electron chi connectivity index (χ1n) is 9.80. The van der Waals surface area contributed by atoms with Gasteiger partial charge in [-0.2, -0.15) is 0 Å². The zero-order valence-electron chi connectivity index (χ0n) is 17.5. The maximum Gasteiger partial charge on any atom is 0.249 e. The molecule has 0 aliphatic carbocycles. The zero-order valence-corrected chi connectivity index (χ0v) is 17.5. The predicted octanol–water partition coefficient (Wildman–Crippen LogP) is 3.57. The summed E-state index contributed by atoms with van der Waals surface area (Å²) in [5, 5.41) is 18.0. The highest BCUT2D eigenvalue weighted by Gasteiger charge is 2.13. The number of hydrogen-bond acceptors (Lipinski definition) is 4. The Morgan fingerprint density at radius 2 is 1.19 bits per heavy atom. The fraction of sp³-hybridized carbons (Fsp3) is 0.636. The van der Waals surface area contributed by atoms with E-state index in [1.807, 2.05) is 6.08 Å². The fourth-order valence-corrected chi connectivity index (χ4v) is 2.68. The Morgan fingerprint density at radius 1 is 0.741 bits per heavy atom. The first-order chi connectivity index (χ1) is 12.8. The highest BCUT2D eigenvalue weighted by molar-refractivity contribution is 5.92. The first-order valence-corrected chi connectivity index (χ1v) is 9.80. The number of nitrogens with zero attached hydrogens (tertiary/aromatic N) is 1. The van der Waals surface area contributed by atoms with E-state index in [1.54, 1.807) is 13.8 Å². The standard InChI is InChI=1S/C22H37NO4/c1-18(8-5-9-19(2)11-7-13-21(4)26)10-6-12-20(3)22(27)23(14-16-24)15-17-25/h8,11-12,24-25H,5-7,9-10,13-17H2,1-4H3. The van der Waals surface area contributed by atoms with Gasteiger partial charge >= 0.3 is 0 Å². The van der Waals surface area contributed by atoms with Crippen LogP contribution >= 0.6 is 0 Å². The lowest BCUT2D eigenvalue weighted by molar-refractivity contribution is -0.128. The second-order valence-corrected chi connectivity index (χ2v) is 7.05. The van der Waals surface area contributed by atoms with Crippen LogP contribution < -0.4 is 0 Å². The molecule has 0 rings (SSSR count). The molecule has 1 amide bonds. The van der Waals surface area contributed by atoms with Crippen molar-refractivity contribution in [2.75, 3.05) is 26.3 Å². The molecule has 0 unspecified atom stereocenters. The molecule has 0 aromatic carbocycles. The third-order valence-electron chi connectivity index (χ3n) is 4.37. The number of allylic oxidation sites excluding steroid dienone is 5. The minimum atomic E-state index is -0.133. The highest BCUT2D eigenvalue weighted by Crippen LogP contribution is 2.13. The summed E-state index contributed by atoms with van der Waals surface area (Å²) in [5.74, 6) is 0.0958. The van der Waals surface area contributed by atoms with E-state index >= 15 is 0 Å². The van der Waals surface area contributed by atoms with Gasteiger partial charge in [-0.05, 0) is 59.8 Å². The van der Waals surface area contributed by atoms with E-state index in [9.17, 15) is 9.59 Å². The summed E-state index contributed by atoms with van der Waals surface area (Å²) in [7, 11) is 0. The van der Waals surface area contributed by atoms with Crippen molar-refractivity contribution >= 4 is 11.7 Å². The van der Waals surface area contributed by atoms with Crippen molar-refractivity contribution in [1.82, 2.24) is 4.90 Å². The summed E-state index contributed by atoms with van der Waals surface area (Å²) in [6, 6.07) is 0. The normalized spacial score (nSPS) is 13.0. The molecular formula is C22H37NO4. The molecule has 0 aliphatic heterocycles. The van der Waals surface area contributed by atoms with Gasteiger partial charge in [0.05, 0.1) is 13.2 Å². The smallest absolute Gasteiger partial charge is 0.249 e. The van der Waals surface area contributed by atoms with Crippen molar-refractivity contribution in [1.29, 1.82) is 0 Å². The number of hydrogen-bond donors (Lipinski definition) is 2. The molecule has 5 heteroatoms. The van der Waals surface area contributed by atoms with Gasteiger partial charge in [0.25, 0.3) is 0 Å². The second-order valence-electron chi connectivity index (χ2n) is 7.05. The average molecular weight is 380 g/mol. The number of ketones is 1. The monoisotopic (exact) mass is 379 g/mol. The van der Waals surface area contributed by atoms with E-state index in [1.165, 1.54) is 16.0 Å². The number of amides is 1. The van der Waals surface area contributed by atoms with Crippen LogP contribution in [0, 0.1) is 0 Å². The largest absolute Gasteiger partial charge is 0.395 e. The lowest BCUT2D eigenvalue weighted by Gasteiger charge is -2.20. The average Bonchev–Trinajstić information content (AvgIpc) is 2.60. The minimum Gasteiger partial charge on any atom is -0.395 e. The van der Waals surface area contributed by atoms with Gasteiger partial charge in [-0.15, -0.1) is 0 Å². The van der Waals surface area contributed by atoms with E-state index in [-0.39, 0.29) is 38.0 Å². The molecule has 0 radical (unpaired) electrons. The Kier molecular flexibility index (Phi) is 14.4. The van der Waals surface area contributed by atoms with Gasteiger partial charge in [-0.1, -0.05) is 29.4 Å². The van der Waals surface area contributed by atoms with Crippen LogP contribution in [0.4, 0.5) is 0 Å². The third kappa shape index (κ3) is 13.1. The molecule has 0 saturated heterocycles. The van der Waals surface area contributed by atoms with Crippen LogP contribution in [0.1, 0.15) is 66.2 Å². The Balaban J connectivity index is 4.33. The molecule has 0 atom stereocenters. The molecule has 0 fully saturated rings. The quantitative estimate of drug-likeness (QED) is 0.357. The molecule has 0 aromatic heterocycles. The summed E-state index contributed by atoms with van der Waals surface area (Å²) < 4.78 is 0. The van der Waals surface area contributed by atoms with E-state index in [4.69, 9.17) is 10.2 Å². The van der Waals surface area contributed by atoms with E-state index in [2.05, 4.69) is 26.0 Å². The van der Waals surface area contributed by atoms with Crippen LogP contribution in [0.3, 0.4) is 0 Å². The fourth-order valence-electron chi connectivity index (χ4n) is 2.68. The lowest BCUT2D eigenvalue weighted by atomic mass is 10.0. The maximum absolute atomic E-state index is 12.3. The molecule has 0 aliphatic rings. The molecule has 5 nitrogen and oxygen atoms in total. The number of carbonyl (C=O) groups is 2. The van der Waals surface area contributed by atoms with E-state index in [0.29, 0.717) is 12.0 Å². The molecule has 0 heterocycles. The van der Waals surface area contributed by atoms with Gasteiger partial charge in [0.2, 0.25) is 5.91 Å². The number of Topliss-reactive ketones (excluding diaryl/α,β-unsaturated/α-hetero) is 1. The number of carbonyl (C=O) groups excluding carboxylic acids is 2. The Hall–Kier alpha value is -1.72. The summed E-state index contributed by atoms with van der Waals surface area (Å²) in [6.07, 6.45) is 11.4. The van der Waals surface area contributed by atoms with Crippen LogP contribution in [-0.4, -0.2) is 53.1 Å². The Bertz CT molecular complexity index is 541. The summed E-state index contributed by atoms with van der Waals surface area (Å²) in [5.41, 5.74) is 3.26. The molecule has 0 aromatic rings. The van der Waals surface area contributed by atoms with Gasteiger partial charge in [0.1, 0.15) is 5.78 Å². The van der Waals surface area contributed by atoms with Crippen molar-refractivity contribution in [2.45, 2.75) is 66.2 Å². The molecule has 0 bridgehead atoms. The Labute approximate surface area is 164 Å². The lowest BCUT2D eigenvalue weighted by Crippen LogP contribution is -2.36. The van der Waals surface area contributed by atoms with Crippen LogP contribution in [0.25, 0.3) is 0 Å².